The number of nitrogens with zero attached hydrogens (tertiary/aromatic N) is 1. The first-order valence-corrected chi connectivity index (χ1v) is 7.86. The Labute approximate surface area is 140 Å². The van der Waals surface area contributed by atoms with E-state index in [1.807, 2.05) is 18.2 Å². The minimum atomic E-state index is -1.15. The molecular formula is C18H27ClNO2-. The third-order valence-corrected chi connectivity index (χ3v) is 3.77. The molecule has 0 unspecified atom stereocenters. The van der Waals surface area contributed by atoms with E-state index in [1.54, 1.807) is 6.08 Å². The van der Waals surface area contributed by atoms with Gasteiger partial charge in [0.1, 0.15) is 0 Å². The van der Waals surface area contributed by atoms with E-state index in [2.05, 4.69) is 24.8 Å². The molecule has 3 nitrogen and oxygen atoms in total. The number of unbranched alkanes of at least 4 members (excludes halogenated alkanes) is 2. The summed E-state index contributed by atoms with van der Waals surface area (Å²) in [6.07, 6.45) is 7.27. The number of halogens is 1. The number of benzene rings is 1. The highest BCUT2D eigenvalue weighted by atomic mass is 35.5. The molecule has 124 valence electrons. The predicted octanol–water partition coefficient (Wildman–Crippen LogP) is 2.93. The van der Waals surface area contributed by atoms with Crippen molar-refractivity contribution in [2.45, 2.75) is 39.5 Å². The molecule has 0 spiro atoms. The molecule has 0 atom stereocenters. The Bertz CT molecular complexity index is 456. The second kappa shape index (κ2) is 12.2. The van der Waals surface area contributed by atoms with Gasteiger partial charge >= 0.3 is 0 Å². The van der Waals surface area contributed by atoms with Crippen molar-refractivity contribution in [2.24, 2.45) is 0 Å². The van der Waals surface area contributed by atoms with Gasteiger partial charge in [-0.2, -0.15) is 0 Å². The molecule has 1 rings (SSSR count). The lowest BCUT2D eigenvalue weighted by Gasteiger charge is -2.17. The molecule has 0 radical (unpaired) electrons. The van der Waals surface area contributed by atoms with Gasteiger partial charge in [-0.1, -0.05) is 50.6 Å². The molecule has 1 aromatic carbocycles. The van der Waals surface area contributed by atoms with E-state index in [9.17, 15) is 9.90 Å². The maximum Gasteiger partial charge on any atom is 0.0643 e. The van der Waals surface area contributed by atoms with Crippen LogP contribution in [-0.4, -0.2) is 30.5 Å². The van der Waals surface area contributed by atoms with Crippen LogP contribution >= 0.6 is 12.4 Å². The molecule has 22 heavy (non-hydrogen) atoms. The lowest BCUT2D eigenvalue weighted by Crippen LogP contribution is -2.23. The minimum Gasteiger partial charge on any atom is -0.545 e. The third kappa shape index (κ3) is 8.20. The summed E-state index contributed by atoms with van der Waals surface area (Å²) < 4.78 is 0. The van der Waals surface area contributed by atoms with Gasteiger partial charge in [0, 0.05) is 0 Å². The van der Waals surface area contributed by atoms with Gasteiger partial charge < -0.3 is 14.8 Å². The summed E-state index contributed by atoms with van der Waals surface area (Å²) in [4.78, 5) is 12.9. The summed E-state index contributed by atoms with van der Waals surface area (Å²) in [5, 5.41) is 10.5. The van der Waals surface area contributed by atoms with Gasteiger partial charge in [-0.05, 0) is 56.1 Å². The van der Waals surface area contributed by atoms with Gasteiger partial charge in [-0.25, -0.2) is 0 Å². The number of hydrogen-bond acceptors (Lipinski definition) is 3. The molecule has 0 aliphatic heterocycles. The number of rotatable bonds is 10. The highest BCUT2D eigenvalue weighted by Crippen LogP contribution is 2.14. The first-order chi connectivity index (χ1) is 10.2. The fraction of sp³-hybridized carbons (Fsp3) is 0.500. The minimum absolute atomic E-state index is 0. The van der Waals surface area contributed by atoms with Crippen molar-refractivity contribution in [3.8, 4) is 0 Å². The van der Waals surface area contributed by atoms with Crippen LogP contribution in [0.1, 0.15) is 44.2 Å². The number of carboxylic acids is 1. The number of hydrogen-bond donors (Lipinski definition) is 0. The van der Waals surface area contributed by atoms with Crippen molar-refractivity contribution < 1.29 is 9.90 Å². The van der Waals surface area contributed by atoms with Gasteiger partial charge in [0.15, 0.2) is 0 Å². The van der Waals surface area contributed by atoms with E-state index < -0.39 is 5.97 Å². The lowest BCUT2D eigenvalue weighted by molar-refractivity contribution is -0.297. The van der Waals surface area contributed by atoms with Crippen LogP contribution in [0.2, 0.25) is 0 Å². The Morgan fingerprint density at radius 3 is 2.45 bits per heavy atom. The van der Waals surface area contributed by atoms with Crippen LogP contribution in [0.25, 0.3) is 6.08 Å². The molecule has 0 saturated carbocycles. The van der Waals surface area contributed by atoms with E-state index >= 15 is 0 Å². The number of aryl methyl sites for hydroxylation is 1. The van der Waals surface area contributed by atoms with Gasteiger partial charge in [0.25, 0.3) is 0 Å². The monoisotopic (exact) mass is 324 g/mol. The van der Waals surface area contributed by atoms with Crippen molar-refractivity contribution in [1.29, 1.82) is 0 Å². The molecule has 0 fully saturated rings. The molecular weight excluding hydrogens is 298 g/mol. The zero-order valence-corrected chi connectivity index (χ0v) is 14.4. The van der Waals surface area contributed by atoms with Crippen LogP contribution in [0, 0.1) is 0 Å². The first kappa shape index (κ1) is 20.7. The smallest absolute Gasteiger partial charge is 0.0643 e. The number of aliphatic carboxylic acids is 1. The van der Waals surface area contributed by atoms with Crippen molar-refractivity contribution in [3.63, 3.8) is 0 Å². The van der Waals surface area contributed by atoms with Crippen molar-refractivity contribution in [3.05, 3.63) is 41.5 Å². The van der Waals surface area contributed by atoms with Crippen LogP contribution in [-0.2, 0) is 11.2 Å². The number of carbonyl (C=O) groups excluding carboxylic acids is 1. The van der Waals surface area contributed by atoms with Crippen molar-refractivity contribution in [2.75, 3.05) is 19.6 Å². The Morgan fingerprint density at radius 2 is 1.82 bits per heavy atom. The summed E-state index contributed by atoms with van der Waals surface area (Å²) in [6, 6.07) is 7.95. The summed E-state index contributed by atoms with van der Waals surface area (Å²) in [7, 11) is 0. The van der Waals surface area contributed by atoms with Crippen LogP contribution in [0.4, 0.5) is 0 Å². The van der Waals surface area contributed by atoms with Crippen LogP contribution in [0.3, 0.4) is 0 Å². The van der Waals surface area contributed by atoms with Crippen LogP contribution in [0.5, 0.6) is 0 Å². The van der Waals surface area contributed by atoms with Gasteiger partial charge in [-0.3, -0.25) is 0 Å². The quantitative estimate of drug-likeness (QED) is 0.491. The van der Waals surface area contributed by atoms with E-state index in [0.29, 0.717) is 0 Å². The Kier molecular flexibility index (Phi) is 11.5. The average Bonchev–Trinajstić information content (AvgIpc) is 2.49. The lowest BCUT2D eigenvalue weighted by atomic mass is 10.0. The molecule has 0 amide bonds. The zero-order valence-electron chi connectivity index (χ0n) is 13.6. The van der Waals surface area contributed by atoms with E-state index in [4.69, 9.17) is 0 Å². The first-order valence-electron chi connectivity index (χ1n) is 7.86. The SMILES string of the molecule is CCN(CC)CCCCCc1ccccc1C=CC(=O)[O-].Cl. The second-order valence-corrected chi connectivity index (χ2v) is 5.19. The fourth-order valence-corrected chi connectivity index (χ4v) is 2.45. The third-order valence-electron chi connectivity index (χ3n) is 3.77. The summed E-state index contributed by atoms with van der Waals surface area (Å²) in [6.45, 7) is 7.80. The highest BCUT2D eigenvalue weighted by molar-refractivity contribution is 5.85. The Balaban J connectivity index is 0.00000441. The average molecular weight is 325 g/mol. The van der Waals surface area contributed by atoms with Crippen LogP contribution < -0.4 is 5.11 Å². The van der Waals surface area contributed by atoms with Crippen LogP contribution in [0.15, 0.2) is 30.3 Å². The molecule has 0 aromatic heterocycles. The Hall–Kier alpha value is -1.32. The molecule has 0 N–H and O–H groups in total. The molecule has 1 aromatic rings. The van der Waals surface area contributed by atoms with Crippen molar-refractivity contribution in [1.82, 2.24) is 4.90 Å². The van der Waals surface area contributed by atoms with E-state index in [0.717, 1.165) is 37.6 Å². The van der Waals surface area contributed by atoms with Gasteiger partial charge in [0.05, 0.1) is 5.97 Å². The van der Waals surface area contributed by atoms with Gasteiger partial charge in [-0.15, -0.1) is 12.4 Å². The standard InChI is InChI=1S/C18H27NO2.ClH/c1-3-19(4-2)15-9-5-6-10-16-11-7-8-12-17(16)13-14-18(20)21;/h7-8,11-14H,3-6,9-10,15H2,1-2H3,(H,20,21);1H/p-1. The Morgan fingerprint density at radius 1 is 1.14 bits per heavy atom. The summed E-state index contributed by atoms with van der Waals surface area (Å²) in [5.74, 6) is -1.15. The van der Waals surface area contributed by atoms with Gasteiger partial charge in [0.2, 0.25) is 0 Å². The zero-order chi connectivity index (χ0) is 15.5. The predicted molar refractivity (Wildman–Crippen MR) is 93.1 cm³/mol. The molecule has 0 bridgehead atoms. The molecule has 4 heteroatoms. The van der Waals surface area contributed by atoms with E-state index in [1.165, 1.54) is 24.9 Å². The largest absolute Gasteiger partial charge is 0.545 e. The van der Waals surface area contributed by atoms with E-state index in [-0.39, 0.29) is 12.4 Å². The normalized spacial score (nSPS) is 10.9. The topological polar surface area (TPSA) is 43.4 Å². The fourth-order valence-electron chi connectivity index (χ4n) is 2.45. The second-order valence-electron chi connectivity index (χ2n) is 5.19. The molecule has 0 heterocycles. The molecule has 0 aliphatic rings. The van der Waals surface area contributed by atoms with Crippen molar-refractivity contribution >= 4 is 24.5 Å². The summed E-state index contributed by atoms with van der Waals surface area (Å²) >= 11 is 0. The molecule has 0 aliphatic carbocycles. The molecule has 0 saturated heterocycles. The number of carbonyl (C=O) groups is 1. The summed E-state index contributed by atoms with van der Waals surface area (Å²) in [5.41, 5.74) is 2.18. The maximum absolute atomic E-state index is 10.5. The highest BCUT2D eigenvalue weighted by Gasteiger charge is 2.01. The number of carboxylic acid groups (broad SMARTS) is 1. The maximum atomic E-state index is 10.5.